The lowest BCUT2D eigenvalue weighted by Gasteiger charge is -2.29. The Morgan fingerprint density at radius 3 is 2.57 bits per heavy atom. The van der Waals surface area contributed by atoms with Crippen molar-refractivity contribution in [2.24, 2.45) is 0 Å². The van der Waals surface area contributed by atoms with Crippen LogP contribution in [-0.4, -0.2) is 43.6 Å². The molecule has 1 fully saturated rings. The zero-order valence-corrected chi connectivity index (χ0v) is 16.1. The predicted octanol–water partition coefficient (Wildman–Crippen LogP) is 3.34. The number of carbonyl (C=O) groups is 1. The van der Waals surface area contributed by atoms with Crippen LogP contribution in [0.3, 0.4) is 0 Å². The number of ether oxygens (including phenoxy) is 1. The van der Waals surface area contributed by atoms with Gasteiger partial charge in [-0.05, 0) is 72.0 Å². The van der Waals surface area contributed by atoms with Crippen LogP contribution in [0.15, 0.2) is 22.7 Å². The monoisotopic (exact) mass is 382 g/mol. The maximum absolute atomic E-state index is 12.0. The number of benzene rings is 1. The van der Waals surface area contributed by atoms with Gasteiger partial charge < -0.3 is 15.0 Å². The van der Waals surface area contributed by atoms with Gasteiger partial charge in [-0.25, -0.2) is 0 Å². The van der Waals surface area contributed by atoms with Gasteiger partial charge in [0, 0.05) is 6.04 Å². The molecule has 0 bridgehead atoms. The van der Waals surface area contributed by atoms with Gasteiger partial charge in [-0.1, -0.05) is 26.8 Å². The maximum atomic E-state index is 12.0. The molecule has 0 aliphatic carbocycles. The van der Waals surface area contributed by atoms with Gasteiger partial charge in [0.15, 0.2) is 6.61 Å². The summed E-state index contributed by atoms with van der Waals surface area (Å²) in [5.74, 6) is 0.655. The van der Waals surface area contributed by atoms with Crippen molar-refractivity contribution >= 4 is 21.8 Å². The van der Waals surface area contributed by atoms with E-state index in [-0.39, 0.29) is 24.0 Å². The van der Waals surface area contributed by atoms with Gasteiger partial charge in [-0.3, -0.25) is 4.79 Å². The van der Waals surface area contributed by atoms with Crippen molar-refractivity contribution in [1.82, 2.24) is 10.2 Å². The van der Waals surface area contributed by atoms with Crippen molar-refractivity contribution in [3.63, 3.8) is 0 Å². The van der Waals surface area contributed by atoms with Crippen molar-refractivity contribution in [3.05, 3.63) is 28.2 Å². The minimum absolute atomic E-state index is 0.0497. The van der Waals surface area contributed by atoms with Crippen LogP contribution in [0.25, 0.3) is 0 Å². The Bertz CT molecular complexity index is 546. The largest absolute Gasteiger partial charge is 0.483 e. The van der Waals surface area contributed by atoms with E-state index in [9.17, 15) is 4.79 Å². The van der Waals surface area contributed by atoms with Crippen LogP contribution in [0.1, 0.15) is 39.2 Å². The third-order valence-electron chi connectivity index (χ3n) is 4.24. The molecule has 23 heavy (non-hydrogen) atoms. The lowest BCUT2D eigenvalue weighted by Crippen LogP contribution is -2.44. The molecule has 128 valence electrons. The van der Waals surface area contributed by atoms with Crippen molar-refractivity contribution in [2.75, 3.05) is 26.7 Å². The molecule has 0 radical (unpaired) electrons. The van der Waals surface area contributed by atoms with E-state index in [1.165, 1.54) is 5.56 Å². The fraction of sp³-hybridized carbons (Fsp3) is 0.611. The van der Waals surface area contributed by atoms with Crippen molar-refractivity contribution < 1.29 is 9.53 Å². The molecule has 0 atom stereocenters. The van der Waals surface area contributed by atoms with Crippen LogP contribution in [0, 0.1) is 0 Å². The highest BCUT2D eigenvalue weighted by molar-refractivity contribution is 9.10. The normalized spacial score (nSPS) is 17.1. The molecule has 0 spiro atoms. The maximum Gasteiger partial charge on any atom is 0.258 e. The quantitative estimate of drug-likeness (QED) is 0.867. The molecular weight excluding hydrogens is 356 g/mol. The molecule has 1 aromatic carbocycles. The summed E-state index contributed by atoms with van der Waals surface area (Å²) in [6.07, 6.45) is 2.01. The Morgan fingerprint density at radius 1 is 1.35 bits per heavy atom. The van der Waals surface area contributed by atoms with E-state index in [1.807, 2.05) is 6.07 Å². The number of nitrogens with zero attached hydrogens (tertiary/aromatic N) is 1. The third-order valence-corrected chi connectivity index (χ3v) is 4.86. The Hall–Kier alpha value is -1.07. The topological polar surface area (TPSA) is 41.6 Å². The highest BCUT2D eigenvalue weighted by Crippen LogP contribution is 2.31. The second kappa shape index (κ2) is 7.67. The Morgan fingerprint density at radius 2 is 2.00 bits per heavy atom. The molecule has 4 nitrogen and oxygen atoms in total. The highest BCUT2D eigenvalue weighted by atomic mass is 79.9. The number of carbonyl (C=O) groups excluding carboxylic acids is 1. The fourth-order valence-electron chi connectivity index (χ4n) is 2.65. The molecule has 1 aromatic rings. The first kappa shape index (κ1) is 18.3. The lowest BCUT2D eigenvalue weighted by atomic mass is 9.87. The third kappa shape index (κ3) is 5.50. The standard InChI is InChI=1S/C18H27BrN2O2/c1-18(2,3)13-5-6-16(15(19)11-13)23-12-17(22)20-14-7-9-21(4)10-8-14/h5-6,11,14H,7-10,12H2,1-4H3,(H,20,22). The molecule has 0 saturated carbocycles. The van der Waals surface area contributed by atoms with Gasteiger partial charge in [0.25, 0.3) is 5.91 Å². The Labute approximate surface area is 147 Å². The van der Waals surface area contributed by atoms with Gasteiger partial charge in [0.2, 0.25) is 0 Å². The molecule has 1 saturated heterocycles. The number of amides is 1. The number of halogens is 1. The summed E-state index contributed by atoms with van der Waals surface area (Å²) < 4.78 is 6.55. The molecule has 1 heterocycles. The second-order valence-electron chi connectivity index (χ2n) is 7.33. The van der Waals surface area contributed by atoms with Gasteiger partial charge in [0.05, 0.1) is 4.47 Å². The van der Waals surface area contributed by atoms with Crippen molar-refractivity contribution in [1.29, 1.82) is 0 Å². The first-order valence-corrected chi connectivity index (χ1v) is 8.96. The molecule has 1 amide bonds. The summed E-state index contributed by atoms with van der Waals surface area (Å²) >= 11 is 3.53. The van der Waals surface area contributed by atoms with Gasteiger partial charge in [-0.15, -0.1) is 0 Å². The van der Waals surface area contributed by atoms with E-state index in [2.05, 4.69) is 66.1 Å². The van der Waals surface area contributed by atoms with E-state index < -0.39 is 0 Å². The number of piperidine rings is 1. The summed E-state index contributed by atoms with van der Waals surface area (Å²) in [5, 5.41) is 3.06. The van der Waals surface area contributed by atoms with Crippen LogP contribution in [0.2, 0.25) is 0 Å². The molecule has 2 rings (SSSR count). The van der Waals surface area contributed by atoms with Crippen LogP contribution in [0.5, 0.6) is 5.75 Å². The van der Waals surface area contributed by atoms with Crippen LogP contribution >= 0.6 is 15.9 Å². The molecule has 0 aromatic heterocycles. The fourth-order valence-corrected chi connectivity index (χ4v) is 3.14. The number of nitrogens with one attached hydrogen (secondary N) is 1. The lowest BCUT2D eigenvalue weighted by molar-refractivity contribution is -0.124. The van der Waals surface area contributed by atoms with Crippen LogP contribution in [-0.2, 0) is 10.2 Å². The van der Waals surface area contributed by atoms with Crippen molar-refractivity contribution in [2.45, 2.75) is 45.1 Å². The number of likely N-dealkylation sites (tertiary alicyclic amines) is 1. The van der Waals surface area contributed by atoms with E-state index in [4.69, 9.17) is 4.74 Å². The molecular formula is C18H27BrN2O2. The average molecular weight is 383 g/mol. The van der Waals surface area contributed by atoms with Crippen LogP contribution in [0.4, 0.5) is 0 Å². The first-order valence-electron chi connectivity index (χ1n) is 8.16. The molecule has 0 unspecified atom stereocenters. The SMILES string of the molecule is CN1CCC(NC(=O)COc2ccc(C(C)(C)C)cc2Br)CC1. The summed E-state index contributed by atoms with van der Waals surface area (Å²) in [5.41, 5.74) is 1.32. The first-order chi connectivity index (χ1) is 10.8. The highest BCUT2D eigenvalue weighted by Gasteiger charge is 2.19. The zero-order chi connectivity index (χ0) is 17.0. The Kier molecular flexibility index (Phi) is 6.09. The number of hydrogen-bond acceptors (Lipinski definition) is 3. The minimum Gasteiger partial charge on any atom is -0.483 e. The molecule has 1 aliphatic heterocycles. The van der Waals surface area contributed by atoms with Gasteiger partial charge in [0.1, 0.15) is 5.75 Å². The predicted molar refractivity (Wildman–Crippen MR) is 97.0 cm³/mol. The molecule has 5 heteroatoms. The van der Waals surface area contributed by atoms with E-state index in [1.54, 1.807) is 0 Å². The summed E-state index contributed by atoms with van der Waals surface area (Å²) in [6.45, 7) is 8.64. The smallest absolute Gasteiger partial charge is 0.258 e. The minimum atomic E-state index is -0.0497. The number of hydrogen-bond donors (Lipinski definition) is 1. The summed E-state index contributed by atoms with van der Waals surface area (Å²) in [6, 6.07) is 6.31. The van der Waals surface area contributed by atoms with Crippen molar-refractivity contribution in [3.8, 4) is 5.75 Å². The van der Waals surface area contributed by atoms with E-state index >= 15 is 0 Å². The number of rotatable bonds is 4. The Balaban J connectivity index is 1.84. The second-order valence-corrected chi connectivity index (χ2v) is 8.18. The summed E-state index contributed by atoms with van der Waals surface area (Å²) in [7, 11) is 2.11. The van der Waals surface area contributed by atoms with E-state index in [0.717, 1.165) is 30.4 Å². The summed E-state index contributed by atoms with van der Waals surface area (Å²) in [4.78, 5) is 14.3. The molecule has 1 aliphatic rings. The van der Waals surface area contributed by atoms with Crippen LogP contribution < -0.4 is 10.1 Å². The zero-order valence-electron chi connectivity index (χ0n) is 14.5. The average Bonchev–Trinajstić information content (AvgIpc) is 2.47. The van der Waals surface area contributed by atoms with E-state index in [0.29, 0.717) is 5.75 Å². The van der Waals surface area contributed by atoms with Gasteiger partial charge >= 0.3 is 0 Å². The van der Waals surface area contributed by atoms with Gasteiger partial charge in [-0.2, -0.15) is 0 Å². The molecule has 1 N–H and O–H groups in total.